The number of rotatable bonds is 8. The number of primary amides is 1. The van der Waals surface area contributed by atoms with Gasteiger partial charge in [-0.15, -0.1) is 0 Å². The Morgan fingerprint density at radius 2 is 2.10 bits per heavy atom. The molecule has 0 radical (unpaired) electrons. The Kier molecular flexibility index (Phi) is 6.07. The molecule has 0 saturated heterocycles. The third-order valence-corrected chi connectivity index (χ3v) is 2.35. The lowest BCUT2D eigenvalue weighted by atomic mass is 10.1. The monoisotopic (exact) mass is 300 g/mol. The van der Waals surface area contributed by atoms with Crippen molar-refractivity contribution in [3.05, 3.63) is 11.7 Å². The molecule has 0 aliphatic rings. The Labute approximate surface area is 119 Å². The number of nitrogens with two attached hydrogens (primary N) is 2. The molecule has 0 saturated carbocycles. The molecule has 21 heavy (non-hydrogen) atoms. The first-order chi connectivity index (χ1) is 9.92. The lowest BCUT2D eigenvalue weighted by molar-refractivity contribution is -0.135. The molecule has 1 heterocycles. The minimum absolute atomic E-state index is 0.0236. The summed E-state index contributed by atoms with van der Waals surface area (Å²) in [7, 11) is 0. The molecule has 0 bridgehead atoms. The van der Waals surface area contributed by atoms with Gasteiger partial charge >= 0.3 is 12.0 Å². The van der Waals surface area contributed by atoms with Crippen molar-refractivity contribution in [1.82, 2.24) is 20.8 Å². The molecule has 0 spiro atoms. The molecule has 1 aromatic heterocycles. The summed E-state index contributed by atoms with van der Waals surface area (Å²) in [6.45, 7) is -0.497. The van der Waals surface area contributed by atoms with Gasteiger partial charge in [-0.2, -0.15) is 4.98 Å². The van der Waals surface area contributed by atoms with Crippen LogP contribution in [0.5, 0.6) is 0 Å². The van der Waals surface area contributed by atoms with E-state index in [2.05, 4.69) is 20.8 Å². The molecule has 11 nitrogen and oxygen atoms in total. The van der Waals surface area contributed by atoms with Crippen LogP contribution < -0.4 is 22.1 Å². The molecule has 7 N–H and O–H groups in total. The van der Waals surface area contributed by atoms with E-state index in [-0.39, 0.29) is 31.1 Å². The minimum atomic E-state index is -1.19. The average Bonchev–Trinajstić information content (AvgIpc) is 2.89. The van der Waals surface area contributed by atoms with Crippen LogP contribution in [-0.2, 0) is 16.1 Å². The fourth-order valence-corrected chi connectivity index (χ4v) is 1.40. The third kappa shape index (κ3) is 5.86. The number of aromatic nitrogens is 2. The second kappa shape index (κ2) is 7.79. The van der Waals surface area contributed by atoms with Crippen molar-refractivity contribution in [3.8, 4) is 0 Å². The van der Waals surface area contributed by atoms with Gasteiger partial charge in [0.2, 0.25) is 11.8 Å². The van der Waals surface area contributed by atoms with E-state index in [4.69, 9.17) is 21.1 Å². The molecule has 1 rings (SSSR count). The Morgan fingerprint density at radius 1 is 1.38 bits per heavy atom. The zero-order valence-electron chi connectivity index (χ0n) is 11.0. The first kappa shape index (κ1) is 16.4. The molecule has 0 aliphatic carbocycles. The number of nitrogens with one attached hydrogen (secondary N) is 2. The molecule has 11 heteroatoms. The van der Waals surface area contributed by atoms with Gasteiger partial charge in [-0.1, -0.05) is 5.16 Å². The molecule has 0 aliphatic heterocycles. The summed E-state index contributed by atoms with van der Waals surface area (Å²) in [6, 6.07) is -1.53. The standard InChI is InChI=1S/C10H16N6O5/c11-3-7-15-9(21-16-7)5(1-2-6(12)17)14-10(20)13-4-8(18)19/h5H,1-4,11H2,(H2,12,17)(H,18,19)(H2,13,14,20). The van der Waals surface area contributed by atoms with Crippen molar-refractivity contribution in [2.75, 3.05) is 6.54 Å². The van der Waals surface area contributed by atoms with Gasteiger partial charge in [0.15, 0.2) is 5.82 Å². The first-order valence-electron chi connectivity index (χ1n) is 5.99. The second-order valence-electron chi connectivity index (χ2n) is 4.03. The van der Waals surface area contributed by atoms with Crippen molar-refractivity contribution in [1.29, 1.82) is 0 Å². The van der Waals surface area contributed by atoms with Crippen molar-refractivity contribution in [2.24, 2.45) is 11.5 Å². The van der Waals surface area contributed by atoms with Crippen LogP contribution in [0.4, 0.5) is 4.79 Å². The van der Waals surface area contributed by atoms with Crippen LogP contribution in [-0.4, -0.2) is 39.7 Å². The van der Waals surface area contributed by atoms with Gasteiger partial charge in [-0.3, -0.25) is 9.59 Å². The van der Waals surface area contributed by atoms with E-state index in [1.807, 2.05) is 0 Å². The molecule has 0 fully saturated rings. The number of urea groups is 1. The Hall–Kier alpha value is -2.69. The maximum Gasteiger partial charge on any atom is 0.323 e. The highest BCUT2D eigenvalue weighted by Crippen LogP contribution is 2.16. The van der Waals surface area contributed by atoms with Gasteiger partial charge in [-0.05, 0) is 6.42 Å². The summed E-state index contributed by atoms with van der Waals surface area (Å²) in [5, 5.41) is 16.6. The minimum Gasteiger partial charge on any atom is -0.480 e. The topological polar surface area (TPSA) is 186 Å². The lowest BCUT2D eigenvalue weighted by Crippen LogP contribution is -2.40. The van der Waals surface area contributed by atoms with Crippen molar-refractivity contribution in [3.63, 3.8) is 0 Å². The number of amides is 3. The number of carbonyl (C=O) groups is 3. The lowest BCUT2D eigenvalue weighted by Gasteiger charge is -2.14. The highest BCUT2D eigenvalue weighted by Gasteiger charge is 2.21. The number of aliphatic carboxylic acids is 1. The SMILES string of the molecule is NCc1noc(C(CCC(N)=O)NC(=O)NCC(=O)O)n1. The molecular formula is C10H16N6O5. The van der Waals surface area contributed by atoms with Gasteiger partial charge < -0.3 is 31.7 Å². The molecule has 1 atom stereocenters. The Morgan fingerprint density at radius 3 is 2.62 bits per heavy atom. The van der Waals surface area contributed by atoms with Gasteiger partial charge in [0.25, 0.3) is 0 Å². The van der Waals surface area contributed by atoms with Crippen LogP contribution in [0.2, 0.25) is 0 Å². The molecule has 116 valence electrons. The van der Waals surface area contributed by atoms with Crippen LogP contribution in [0.3, 0.4) is 0 Å². The van der Waals surface area contributed by atoms with Gasteiger partial charge in [0, 0.05) is 6.42 Å². The number of carboxylic acid groups (broad SMARTS) is 1. The summed E-state index contributed by atoms with van der Waals surface area (Å²) in [4.78, 5) is 36.7. The molecule has 1 unspecified atom stereocenters. The number of hydrogen-bond acceptors (Lipinski definition) is 7. The number of nitrogens with zero attached hydrogens (tertiary/aromatic N) is 2. The predicted molar refractivity (Wildman–Crippen MR) is 67.5 cm³/mol. The van der Waals surface area contributed by atoms with Gasteiger partial charge in [0.05, 0.1) is 6.54 Å². The zero-order chi connectivity index (χ0) is 15.8. The number of carbonyl (C=O) groups excluding carboxylic acids is 2. The quantitative estimate of drug-likeness (QED) is 0.372. The third-order valence-electron chi connectivity index (χ3n) is 2.35. The van der Waals surface area contributed by atoms with E-state index < -0.39 is 30.5 Å². The zero-order valence-corrected chi connectivity index (χ0v) is 11.0. The Bertz CT molecular complexity index is 516. The van der Waals surface area contributed by atoms with Crippen LogP contribution in [0.15, 0.2) is 4.52 Å². The van der Waals surface area contributed by atoms with Crippen LogP contribution in [0, 0.1) is 0 Å². The van der Waals surface area contributed by atoms with Crippen molar-refractivity contribution < 1.29 is 24.0 Å². The summed E-state index contributed by atoms with van der Waals surface area (Å²) in [5.74, 6) is -1.46. The van der Waals surface area contributed by atoms with E-state index in [0.29, 0.717) is 0 Å². The fraction of sp³-hybridized carbons (Fsp3) is 0.500. The maximum absolute atomic E-state index is 11.5. The van der Waals surface area contributed by atoms with Gasteiger partial charge in [0.1, 0.15) is 12.6 Å². The summed E-state index contributed by atoms with van der Waals surface area (Å²) >= 11 is 0. The van der Waals surface area contributed by atoms with E-state index in [1.165, 1.54) is 0 Å². The van der Waals surface area contributed by atoms with Crippen molar-refractivity contribution >= 4 is 17.9 Å². The fourth-order valence-electron chi connectivity index (χ4n) is 1.40. The van der Waals surface area contributed by atoms with E-state index in [0.717, 1.165) is 0 Å². The number of hydrogen-bond donors (Lipinski definition) is 5. The first-order valence-corrected chi connectivity index (χ1v) is 5.99. The highest BCUT2D eigenvalue weighted by atomic mass is 16.5. The maximum atomic E-state index is 11.5. The molecule has 3 amide bonds. The molecular weight excluding hydrogens is 284 g/mol. The largest absolute Gasteiger partial charge is 0.480 e. The van der Waals surface area contributed by atoms with Crippen LogP contribution in [0.25, 0.3) is 0 Å². The second-order valence-corrected chi connectivity index (χ2v) is 4.03. The molecule has 1 aromatic rings. The Balaban J connectivity index is 2.69. The predicted octanol–water partition coefficient (Wildman–Crippen LogP) is -1.78. The molecule has 0 aromatic carbocycles. The highest BCUT2D eigenvalue weighted by molar-refractivity contribution is 5.80. The van der Waals surface area contributed by atoms with Crippen molar-refractivity contribution in [2.45, 2.75) is 25.4 Å². The van der Waals surface area contributed by atoms with Crippen LogP contribution >= 0.6 is 0 Å². The summed E-state index contributed by atoms with van der Waals surface area (Å²) in [5.41, 5.74) is 10.4. The van der Waals surface area contributed by atoms with E-state index >= 15 is 0 Å². The average molecular weight is 300 g/mol. The van der Waals surface area contributed by atoms with Crippen LogP contribution in [0.1, 0.15) is 30.6 Å². The normalized spacial score (nSPS) is 11.7. The summed E-state index contributed by atoms with van der Waals surface area (Å²) in [6.07, 6.45) is 0.103. The smallest absolute Gasteiger partial charge is 0.323 e. The summed E-state index contributed by atoms with van der Waals surface area (Å²) < 4.78 is 4.92. The number of carboxylic acids is 1. The van der Waals surface area contributed by atoms with Gasteiger partial charge in [-0.25, -0.2) is 4.79 Å². The van der Waals surface area contributed by atoms with E-state index in [1.54, 1.807) is 0 Å². The van der Waals surface area contributed by atoms with E-state index in [9.17, 15) is 14.4 Å².